The highest BCUT2D eigenvalue weighted by Gasteiger charge is 2.10. The van der Waals surface area contributed by atoms with E-state index in [9.17, 15) is 4.79 Å². The third kappa shape index (κ3) is 4.79. The molecule has 0 heterocycles. The van der Waals surface area contributed by atoms with Crippen LogP contribution in [0.2, 0.25) is 0 Å². The molecule has 3 nitrogen and oxygen atoms in total. The number of carbonyl (C=O) groups is 1. The second-order valence-corrected chi connectivity index (χ2v) is 4.63. The SMILES string of the molecule is COCCCSCC(=O)c1ccccc1OC. The number of ketones is 1. The summed E-state index contributed by atoms with van der Waals surface area (Å²) in [5.74, 6) is 2.19. The van der Waals surface area contributed by atoms with Crippen LogP contribution in [0.4, 0.5) is 0 Å². The van der Waals surface area contributed by atoms with Crippen molar-refractivity contribution in [1.82, 2.24) is 0 Å². The number of hydrogen-bond acceptors (Lipinski definition) is 4. The highest BCUT2D eigenvalue weighted by Crippen LogP contribution is 2.19. The highest BCUT2D eigenvalue weighted by atomic mass is 32.2. The van der Waals surface area contributed by atoms with Crippen molar-refractivity contribution < 1.29 is 14.3 Å². The van der Waals surface area contributed by atoms with Crippen molar-refractivity contribution in [3.63, 3.8) is 0 Å². The van der Waals surface area contributed by atoms with Gasteiger partial charge in [-0.05, 0) is 24.3 Å². The lowest BCUT2D eigenvalue weighted by Crippen LogP contribution is -2.05. The molecule has 1 rings (SSSR count). The molecule has 0 atom stereocenters. The van der Waals surface area contributed by atoms with E-state index in [1.165, 1.54) is 0 Å². The largest absolute Gasteiger partial charge is 0.496 e. The van der Waals surface area contributed by atoms with Crippen LogP contribution >= 0.6 is 11.8 Å². The minimum atomic E-state index is 0.116. The number of Topliss-reactive ketones (excluding diaryl/α,β-unsaturated/α-hetero) is 1. The smallest absolute Gasteiger partial charge is 0.176 e. The standard InChI is InChI=1S/C13H18O3S/c1-15-8-5-9-17-10-12(14)11-6-3-4-7-13(11)16-2/h3-4,6-7H,5,8-10H2,1-2H3. The van der Waals surface area contributed by atoms with E-state index in [4.69, 9.17) is 9.47 Å². The van der Waals surface area contributed by atoms with Crippen LogP contribution in [-0.4, -0.2) is 38.1 Å². The van der Waals surface area contributed by atoms with Gasteiger partial charge in [0.05, 0.1) is 18.4 Å². The Balaban J connectivity index is 2.41. The average molecular weight is 254 g/mol. The van der Waals surface area contributed by atoms with Gasteiger partial charge in [-0.15, -0.1) is 0 Å². The summed E-state index contributed by atoms with van der Waals surface area (Å²) >= 11 is 1.63. The van der Waals surface area contributed by atoms with E-state index in [0.717, 1.165) is 18.8 Å². The van der Waals surface area contributed by atoms with Gasteiger partial charge in [0, 0.05) is 13.7 Å². The maximum atomic E-state index is 11.9. The molecule has 0 amide bonds. The second-order valence-electron chi connectivity index (χ2n) is 3.52. The Morgan fingerprint density at radius 2 is 2.06 bits per heavy atom. The molecule has 1 aromatic carbocycles. The lowest BCUT2D eigenvalue weighted by atomic mass is 10.1. The average Bonchev–Trinajstić information content (AvgIpc) is 2.38. The molecular formula is C13H18O3S. The maximum Gasteiger partial charge on any atom is 0.176 e. The van der Waals surface area contributed by atoms with Crippen molar-refractivity contribution >= 4 is 17.5 Å². The molecule has 0 aliphatic heterocycles. The first kappa shape index (κ1) is 14.1. The second kappa shape index (κ2) is 8.14. The zero-order valence-corrected chi connectivity index (χ0v) is 11.1. The van der Waals surface area contributed by atoms with E-state index in [-0.39, 0.29) is 5.78 Å². The zero-order valence-electron chi connectivity index (χ0n) is 10.3. The van der Waals surface area contributed by atoms with Crippen molar-refractivity contribution in [2.75, 3.05) is 32.3 Å². The minimum Gasteiger partial charge on any atom is -0.496 e. The van der Waals surface area contributed by atoms with Crippen LogP contribution in [0.25, 0.3) is 0 Å². The third-order valence-corrected chi connectivity index (χ3v) is 3.32. The van der Waals surface area contributed by atoms with Crippen LogP contribution in [0, 0.1) is 0 Å². The summed E-state index contributed by atoms with van der Waals surface area (Å²) in [5.41, 5.74) is 0.661. The molecule has 0 saturated carbocycles. The number of ether oxygens (including phenoxy) is 2. The fraction of sp³-hybridized carbons (Fsp3) is 0.462. The number of rotatable bonds is 8. The molecule has 0 radical (unpaired) electrons. The van der Waals surface area contributed by atoms with Gasteiger partial charge in [0.25, 0.3) is 0 Å². The Morgan fingerprint density at radius 1 is 1.29 bits per heavy atom. The monoisotopic (exact) mass is 254 g/mol. The Hall–Kier alpha value is -1.00. The van der Waals surface area contributed by atoms with Gasteiger partial charge in [-0.3, -0.25) is 4.79 Å². The van der Waals surface area contributed by atoms with Crippen LogP contribution < -0.4 is 4.74 Å². The summed E-state index contributed by atoms with van der Waals surface area (Å²) in [5, 5.41) is 0. The highest BCUT2D eigenvalue weighted by molar-refractivity contribution is 7.99. The Kier molecular flexibility index (Phi) is 6.74. The van der Waals surface area contributed by atoms with Crippen LogP contribution in [0.1, 0.15) is 16.8 Å². The topological polar surface area (TPSA) is 35.5 Å². The molecule has 0 bridgehead atoms. The number of hydrogen-bond donors (Lipinski definition) is 0. The van der Waals surface area contributed by atoms with Gasteiger partial charge in [0.15, 0.2) is 5.78 Å². The molecule has 0 aromatic heterocycles. The van der Waals surface area contributed by atoms with E-state index >= 15 is 0 Å². The molecule has 0 saturated heterocycles. The lowest BCUT2D eigenvalue weighted by molar-refractivity contribution is 0.101. The Morgan fingerprint density at radius 3 is 2.76 bits per heavy atom. The van der Waals surface area contributed by atoms with Crippen LogP contribution in [0.15, 0.2) is 24.3 Å². The predicted octanol–water partition coefficient (Wildman–Crippen LogP) is 2.65. The molecule has 0 aliphatic rings. The van der Waals surface area contributed by atoms with Gasteiger partial charge in [-0.1, -0.05) is 12.1 Å². The number of carbonyl (C=O) groups excluding carboxylic acids is 1. The van der Waals surface area contributed by atoms with Crippen molar-refractivity contribution in [3.8, 4) is 5.75 Å². The molecule has 0 unspecified atom stereocenters. The molecule has 0 N–H and O–H groups in total. The number of methoxy groups -OCH3 is 2. The summed E-state index contributed by atoms with van der Waals surface area (Å²) in [6, 6.07) is 7.33. The molecule has 17 heavy (non-hydrogen) atoms. The first-order chi connectivity index (χ1) is 8.29. The molecule has 4 heteroatoms. The molecule has 0 fully saturated rings. The van der Waals surface area contributed by atoms with E-state index in [0.29, 0.717) is 17.1 Å². The molecule has 0 aliphatic carbocycles. The summed E-state index contributed by atoms with van der Waals surface area (Å²) in [6.07, 6.45) is 0.973. The molecule has 94 valence electrons. The lowest BCUT2D eigenvalue weighted by Gasteiger charge is -2.06. The zero-order chi connectivity index (χ0) is 12.5. The minimum absolute atomic E-state index is 0.116. The van der Waals surface area contributed by atoms with Crippen LogP contribution in [0.5, 0.6) is 5.75 Å². The summed E-state index contributed by atoms with van der Waals surface area (Å²) < 4.78 is 10.1. The summed E-state index contributed by atoms with van der Waals surface area (Å²) in [6.45, 7) is 0.746. The number of benzene rings is 1. The fourth-order valence-corrected chi connectivity index (χ4v) is 2.23. The predicted molar refractivity (Wildman–Crippen MR) is 71.1 cm³/mol. The quantitative estimate of drug-likeness (QED) is 0.528. The molecule has 1 aromatic rings. The van der Waals surface area contributed by atoms with Crippen LogP contribution in [0.3, 0.4) is 0 Å². The first-order valence-corrected chi connectivity index (χ1v) is 6.68. The van der Waals surface area contributed by atoms with Crippen molar-refractivity contribution in [2.45, 2.75) is 6.42 Å². The summed E-state index contributed by atoms with van der Waals surface area (Å²) in [4.78, 5) is 11.9. The first-order valence-electron chi connectivity index (χ1n) is 5.52. The van der Waals surface area contributed by atoms with E-state index in [2.05, 4.69) is 0 Å². The number of thioether (sulfide) groups is 1. The number of para-hydroxylation sites is 1. The van der Waals surface area contributed by atoms with Crippen molar-refractivity contribution in [1.29, 1.82) is 0 Å². The molecule has 0 spiro atoms. The van der Waals surface area contributed by atoms with Gasteiger partial charge in [-0.25, -0.2) is 0 Å². The van der Waals surface area contributed by atoms with Gasteiger partial charge in [0.1, 0.15) is 5.75 Å². The van der Waals surface area contributed by atoms with E-state index in [1.54, 1.807) is 32.0 Å². The van der Waals surface area contributed by atoms with E-state index in [1.807, 2.05) is 18.2 Å². The third-order valence-electron chi connectivity index (χ3n) is 2.28. The van der Waals surface area contributed by atoms with Gasteiger partial charge < -0.3 is 9.47 Å². The summed E-state index contributed by atoms with van der Waals surface area (Å²) in [7, 11) is 3.27. The Bertz CT molecular complexity index is 352. The van der Waals surface area contributed by atoms with E-state index < -0.39 is 0 Å². The van der Waals surface area contributed by atoms with Gasteiger partial charge >= 0.3 is 0 Å². The van der Waals surface area contributed by atoms with Gasteiger partial charge in [0.2, 0.25) is 0 Å². The van der Waals surface area contributed by atoms with Gasteiger partial charge in [-0.2, -0.15) is 11.8 Å². The maximum absolute atomic E-state index is 11.9. The van der Waals surface area contributed by atoms with Crippen LogP contribution in [-0.2, 0) is 4.74 Å². The Labute approximate surface area is 106 Å². The normalized spacial score (nSPS) is 10.2. The molecular weight excluding hydrogens is 236 g/mol. The van der Waals surface area contributed by atoms with Crippen molar-refractivity contribution in [3.05, 3.63) is 29.8 Å². The van der Waals surface area contributed by atoms with Crippen molar-refractivity contribution in [2.24, 2.45) is 0 Å². The fourth-order valence-electron chi connectivity index (χ4n) is 1.42.